The number of nitrogens with zero attached hydrogens (tertiary/aromatic N) is 2. The van der Waals surface area contributed by atoms with Crippen LogP contribution < -0.4 is 15.4 Å². The number of ether oxygens (including phenoxy) is 2. The largest absolute Gasteiger partial charge is 0.494 e. The van der Waals surface area contributed by atoms with Gasteiger partial charge in [-0.05, 0) is 55.7 Å². The lowest BCUT2D eigenvalue weighted by molar-refractivity contribution is -0.138. The van der Waals surface area contributed by atoms with E-state index in [1.54, 1.807) is 11.6 Å². The van der Waals surface area contributed by atoms with Crippen molar-refractivity contribution < 1.29 is 19.1 Å². The molecule has 0 bridgehead atoms. The third kappa shape index (κ3) is 6.09. The Bertz CT molecular complexity index is 1290. The van der Waals surface area contributed by atoms with Crippen LogP contribution in [-0.4, -0.2) is 35.0 Å². The first-order valence-corrected chi connectivity index (χ1v) is 12.3. The molecule has 2 N–H and O–H groups in total. The van der Waals surface area contributed by atoms with Crippen molar-refractivity contribution in [1.29, 1.82) is 0 Å². The first-order valence-electron chi connectivity index (χ1n) is 12.3. The van der Waals surface area contributed by atoms with Gasteiger partial charge in [-0.15, -0.1) is 0 Å². The number of allylic oxidation sites excluding steroid dienone is 1. The normalized spacial score (nSPS) is 15.2. The van der Waals surface area contributed by atoms with Gasteiger partial charge in [0.15, 0.2) is 0 Å². The van der Waals surface area contributed by atoms with Gasteiger partial charge in [0.2, 0.25) is 0 Å². The Kier molecular flexibility index (Phi) is 8.08. The van der Waals surface area contributed by atoms with E-state index in [1.165, 1.54) is 6.08 Å². The van der Waals surface area contributed by atoms with E-state index in [1.807, 2.05) is 60.8 Å². The maximum Gasteiger partial charge on any atom is 0.338 e. The molecule has 0 saturated heterocycles. The third-order valence-corrected chi connectivity index (χ3v) is 5.99. The molecule has 0 aliphatic carbocycles. The molecule has 0 radical (unpaired) electrons. The lowest BCUT2D eigenvalue weighted by Gasteiger charge is -2.27. The molecule has 1 aliphatic rings. The maximum atomic E-state index is 13.0. The van der Waals surface area contributed by atoms with Crippen LogP contribution in [0.4, 0.5) is 4.79 Å². The van der Waals surface area contributed by atoms with Crippen molar-refractivity contribution in [3.8, 4) is 22.7 Å². The summed E-state index contributed by atoms with van der Waals surface area (Å²) in [7, 11) is 0. The molecule has 1 atom stereocenters. The molecular weight excluding hydrogens is 468 g/mol. The van der Waals surface area contributed by atoms with Crippen LogP contribution in [-0.2, 0) is 9.53 Å². The summed E-state index contributed by atoms with van der Waals surface area (Å²) in [5.41, 5.74) is 3.70. The van der Waals surface area contributed by atoms with Crippen molar-refractivity contribution in [1.82, 2.24) is 20.4 Å². The highest BCUT2D eigenvalue weighted by atomic mass is 16.5. The number of benzene rings is 2. The van der Waals surface area contributed by atoms with Gasteiger partial charge in [0.1, 0.15) is 12.4 Å². The molecule has 8 nitrogen and oxygen atoms in total. The van der Waals surface area contributed by atoms with Gasteiger partial charge in [0.05, 0.1) is 29.6 Å². The van der Waals surface area contributed by atoms with Crippen molar-refractivity contribution in [2.75, 3.05) is 13.2 Å². The van der Waals surface area contributed by atoms with Crippen LogP contribution in [0, 0.1) is 5.92 Å². The zero-order chi connectivity index (χ0) is 26.4. The van der Waals surface area contributed by atoms with Gasteiger partial charge >= 0.3 is 12.0 Å². The molecule has 2 aromatic carbocycles. The minimum Gasteiger partial charge on any atom is -0.494 e. The molecule has 2 heterocycles. The molecule has 8 heteroatoms. The van der Waals surface area contributed by atoms with Crippen molar-refractivity contribution in [2.45, 2.75) is 33.2 Å². The van der Waals surface area contributed by atoms with Crippen LogP contribution >= 0.6 is 0 Å². The second-order valence-electron chi connectivity index (χ2n) is 9.23. The first kappa shape index (κ1) is 25.8. The number of rotatable bonds is 10. The Hall–Kier alpha value is -4.33. The lowest BCUT2D eigenvalue weighted by atomic mass is 9.94. The van der Waals surface area contributed by atoms with Gasteiger partial charge in [-0.2, -0.15) is 5.10 Å². The summed E-state index contributed by atoms with van der Waals surface area (Å²) >= 11 is 0. The van der Waals surface area contributed by atoms with E-state index in [-0.39, 0.29) is 6.61 Å². The van der Waals surface area contributed by atoms with Crippen molar-refractivity contribution in [2.24, 2.45) is 5.92 Å². The highest BCUT2D eigenvalue weighted by molar-refractivity contribution is 5.95. The number of amides is 2. The van der Waals surface area contributed by atoms with Gasteiger partial charge in [-0.25, -0.2) is 14.3 Å². The molecule has 1 aromatic heterocycles. The van der Waals surface area contributed by atoms with Crippen LogP contribution in [0.1, 0.15) is 38.8 Å². The fourth-order valence-corrected chi connectivity index (χ4v) is 4.07. The predicted octanol–water partition coefficient (Wildman–Crippen LogP) is 5.32. The monoisotopic (exact) mass is 500 g/mol. The van der Waals surface area contributed by atoms with Gasteiger partial charge in [-0.3, -0.25) is 0 Å². The minimum absolute atomic E-state index is 0.0602. The lowest BCUT2D eigenvalue weighted by Crippen LogP contribution is -2.45. The van der Waals surface area contributed by atoms with Gasteiger partial charge < -0.3 is 20.1 Å². The average molecular weight is 501 g/mol. The van der Waals surface area contributed by atoms with E-state index in [4.69, 9.17) is 14.6 Å². The number of carbonyl (C=O) groups excluding carboxylic acids is 2. The Labute approximate surface area is 217 Å². The summed E-state index contributed by atoms with van der Waals surface area (Å²) in [6.45, 7) is 10.3. The Morgan fingerprint density at radius 1 is 1.16 bits per heavy atom. The summed E-state index contributed by atoms with van der Waals surface area (Å²) < 4.78 is 13.0. The minimum atomic E-state index is -0.763. The van der Waals surface area contributed by atoms with Gasteiger partial charge in [0.25, 0.3) is 0 Å². The van der Waals surface area contributed by atoms with Crippen molar-refractivity contribution in [3.63, 3.8) is 0 Å². The number of aromatic nitrogens is 2. The Morgan fingerprint density at radius 3 is 2.57 bits per heavy atom. The summed E-state index contributed by atoms with van der Waals surface area (Å²) in [6.07, 6.45) is 4.31. The highest BCUT2D eigenvalue weighted by Gasteiger charge is 2.35. The van der Waals surface area contributed by atoms with E-state index in [0.717, 1.165) is 23.4 Å². The Morgan fingerprint density at radius 2 is 1.89 bits per heavy atom. The standard InChI is InChI=1S/C29H32N4O4/c1-5-16-37-28(34)25-20(4)30-29(35)31-27(25)24-18-33(22-9-7-6-8-10-22)32-26(24)21-11-13-23(14-12-21)36-17-15-19(2)3/h5-14,18-19,27H,1,15-17H2,2-4H3,(H2,30,31,35)/t27-/m0/s1. The molecule has 3 aromatic rings. The van der Waals surface area contributed by atoms with Gasteiger partial charge in [-0.1, -0.05) is 44.7 Å². The van der Waals surface area contributed by atoms with Crippen LogP contribution in [0.15, 0.2) is 84.7 Å². The molecule has 0 fully saturated rings. The molecule has 0 saturated carbocycles. The number of urea groups is 1. The molecule has 1 aliphatic heterocycles. The second-order valence-corrected chi connectivity index (χ2v) is 9.23. The molecule has 2 amide bonds. The fraction of sp³-hybridized carbons (Fsp3) is 0.276. The van der Waals surface area contributed by atoms with Crippen molar-refractivity contribution >= 4 is 12.0 Å². The molecule has 0 spiro atoms. The van der Waals surface area contributed by atoms with E-state index in [0.29, 0.717) is 35.1 Å². The van der Waals surface area contributed by atoms with Crippen LogP contribution in [0.2, 0.25) is 0 Å². The topological polar surface area (TPSA) is 94.5 Å². The predicted molar refractivity (Wildman–Crippen MR) is 142 cm³/mol. The average Bonchev–Trinajstić information content (AvgIpc) is 3.33. The molecule has 0 unspecified atom stereocenters. The number of esters is 1. The zero-order valence-corrected chi connectivity index (χ0v) is 21.4. The van der Waals surface area contributed by atoms with E-state index < -0.39 is 18.0 Å². The number of hydrogen-bond donors (Lipinski definition) is 2. The fourth-order valence-electron chi connectivity index (χ4n) is 4.07. The number of hydrogen-bond acceptors (Lipinski definition) is 5. The molecular formula is C29H32N4O4. The summed E-state index contributed by atoms with van der Waals surface area (Å²) in [4.78, 5) is 25.5. The highest BCUT2D eigenvalue weighted by Crippen LogP contribution is 2.35. The molecule has 192 valence electrons. The van der Waals surface area contributed by atoms with Crippen molar-refractivity contribution in [3.05, 3.63) is 90.3 Å². The third-order valence-electron chi connectivity index (χ3n) is 5.99. The number of para-hydroxylation sites is 1. The van der Waals surface area contributed by atoms with Crippen LogP contribution in [0.3, 0.4) is 0 Å². The smallest absolute Gasteiger partial charge is 0.338 e. The Balaban J connectivity index is 1.76. The maximum absolute atomic E-state index is 13.0. The SMILES string of the molecule is C=CCOC(=O)C1=C(C)NC(=O)N[C@H]1c1cn(-c2ccccc2)nc1-c1ccc(OCCC(C)C)cc1. The van der Waals surface area contributed by atoms with E-state index >= 15 is 0 Å². The van der Waals surface area contributed by atoms with Gasteiger partial charge in [0, 0.05) is 23.0 Å². The number of nitrogens with one attached hydrogen (secondary N) is 2. The quantitative estimate of drug-likeness (QED) is 0.290. The van der Waals surface area contributed by atoms with E-state index in [2.05, 4.69) is 31.1 Å². The summed E-state index contributed by atoms with van der Waals surface area (Å²) in [5.74, 6) is 0.795. The summed E-state index contributed by atoms with van der Waals surface area (Å²) in [5, 5.41) is 10.4. The van der Waals surface area contributed by atoms with Crippen LogP contribution in [0.5, 0.6) is 5.75 Å². The molecule has 37 heavy (non-hydrogen) atoms. The number of carbonyl (C=O) groups is 2. The second kappa shape index (κ2) is 11.6. The van der Waals surface area contributed by atoms with E-state index in [9.17, 15) is 9.59 Å². The molecule has 4 rings (SSSR count). The van der Waals surface area contributed by atoms with Crippen LogP contribution in [0.25, 0.3) is 16.9 Å². The zero-order valence-electron chi connectivity index (χ0n) is 21.4. The first-order chi connectivity index (χ1) is 17.9. The summed E-state index contributed by atoms with van der Waals surface area (Å²) in [6, 6.07) is 16.2.